The summed E-state index contributed by atoms with van der Waals surface area (Å²) < 4.78 is 30.6. The van der Waals surface area contributed by atoms with E-state index in [0.717, 1.165) is 5.56 Å². The molecule has 7 heteroatoms. The van der Waals surface area contributed by atoms with Gasteiger partial charge in [0.2, 0.25) is 10.0 Å². The lowest BCUT2D eigenvalue weighted by molar-refractivity contribution is -0.140. The Morgan fingerprint density at radius 1 is 1.53 bits per heavy atom. The molecule has 1 aromatic heterocycles. The molecule has 0 aliphatic heterocycles. The Balaban J connectivity index is 2.48. The number of rotatable bonds is 7. The smallest absolute Gasteiger partial charge is 0.305 e. The number of aromatic nitrogens is 1. The number of carbonyl (C=O) groups excluding carboxylic acids is 1. The van der Waals surface area contributed by atoms with E-state index >= 15 is 0 Å². The van der Waals surface area contributed by atoms with Crippen LogP contribution in [0.4, 0.5) is 0 Å². The maximum absolute atomic E-state index is 11.8. The largest absolute Gasteiger partial charge is 0.469 e. The molecular weight excluding hydrogens is 268 g/mol. The quantitative estimate of drug-likeness (QED) is 0.756. The lowest BCUT2D eigenvalue weighted by atomic mass is 10.2. The Hall–Kier alpha value is -1.47. The highest BCUT2D eigenvalue weighted by atomic mass is 32.2. The molecule has 1 heterocycles. The van der Waals surface area contributed by atoms with E-state index in [0.29, 0.717) is 0 Å². The van der Waals surface area contributed by atoms with Gasteiger partial charge in [-0.15, -0.1) is 0 Å². The summed E-state index contributed by atoms with van der Waals surface area (Å²) in [5, 5.41) is 0. The maximum atomic E-state index is 11.8. The standard InChI is InChI=1S/C12H18N2O4S/c1-10(11-5-3-7-13-9-11)14-19(16,17)8-4-6-12(15)18-2/h3,5,7,9-10,14H,4,6,8H2,1-2H3. The Morgan fingerprint density at radius 3 is 2.84 bits per heavy atom. The molecule has 0 aliphatic carbocycles. The molecule has 0 aliphatic rings. The molecule has 0 saturated carbocycles. The van der Waals surface area contributed by atoms with Gasteiger partial charge in [0.05, 0.1) is 12.9 Å². The van der Waals surface area contributed by atoms with Crippen LogP contribution < -0.4 is 4.72 Å². The van der Waals surface area contributed by atoms with E-state index in [1.807, 2.05) is 0 Å². The zero-order valence-electron chi connectivity index (χ0n) is 11.0. The van der Waals surface area contributed by atoms with Crippen molar-refractivity contribution in [2.24, 2.45) is 0 Å². The fraction of sp³-hybridized carbons (Fsp3) is 0.500. The third-order valence-corrected chi connectivity index (χ3v) is 4.10. The molecule has 1 unspecified atom stereocenters. The normalized spacial score (nSPS) is 12.9. The molecule has 0 bridgehead atoms. The van der Waals surface area contributed by atoms with Gasteiger partial charge in [0.25, 0.3) is 0 Å². The van der Waals surface area contributed by atoms with Crippen LogP contribution in [0.15, 0.2) is 24.5 Å². The fourth-order valence-corrected chi connectivity index (χ4v) is 2.85. The summed E-state index contributed by atoms with van der Waals surface area (Å²) in [6, 6.07) is 3.20. The summed E-state index contributed by atoms with van der Waals surface area (Å²) in [6.07, 6.45) is 3.57. The lowest BCUT2D eigenvalue weighted by Crippen LogP contribution is -2.29. The Morgan fingerprint density at radius 2 is 2.26 bits per heavy atom. The van der Waals surface area contributed by atoms with Gasteiger partial charge in [-0.05, 0) is 25.0 Å². The number of esters is 1. The molecule has 6 nitrogen and oxygen atoms in total. The van der Waals surface area contributed by atoms with Crippen LogP contribution in [0.25, 0.3) is 0 Å². The van der Waals surface area contributed by atoms with Gasteiger partial charge < -0.3 is 4.74 Å². The van der Waals surface area contributed by atoms with E-state index in [9.17, 15) is 13.2 Å². The van der Waals surface area contributed by atoms with Crippen molar-refractivity contribution in [3.05, 3.63) is 30.1 Å². The number of ether oxygens (including phenoxy) is 1. The van der Waals surface area contributed by atoms with Gasteiger partial charge in [-0.1, -0.05) is 6.07 Å². The summed E-state index contributed by atoms with van der Waals surface area (Å²) in [5.74, 6) is -0.511. The molecule has 1 N–H and O–H groups in total. The van der Waals surface area contributed by atoms with Crippen molar-refractivity contribution in [1.82, 2.24) is 9.71 Å². The van der Waals surface area contributed by atoms with Gasteiger partial charge in [-0.3, -0.25) is 9.78 Å². The SMILES string of the molecule is COC(=O)CCCS(=O)(=O)NC(C)c1cccnc1. The zero-order chi connectivity index (χ0) is 14.3. The fourth-order valence-electron chi connectivity index (χ4n) is 1.54. The third-order valence-electron chi connectivity index (χ3n) is 2.56. The summed E-state index contributed by atoms with van der Waals surface area (Å²) in [4.78, 5) is 14.8. The Bertz CT molecular complexity index is 502. The second-order valence-electron chi connectivity index (χ2n) is 4.12. The number of methoxy groups -OCH3 is 1. The van der Waals surface area contributed by atoms with Gasteiger partial charge in [0, 0.05) is 24.9 Å². The monoisotopic (exact) mass is 286 g/mol. The molecule has 0 amide bonds. The van der Waals surface area contributed by atoms with Crippen LogP contribution in [0.3, 0.4) is 0 Å². The molecule has 0 radical (unpaired) electrons. The van der Waals surface area contributed by atoms with Gasteiger partial charge in [-0.25, -0.2) is 13.1 Å². The number of carbonyl (C=O) groups is 1. The lowest BCUT2D eigenvalue weighted by Gasteiger charge is -2.13. The first kappa shape index (κ1) is 15.6. The second kappa shape index (κ2) is 7.20. The molecule has 0 aromatic carbocycles. The molecular formula is C12H18N2O4S. The van der Waals surface area contributed by atoms with Crippen molar-refractivity contribution < 1.29 is 17.9 Å². The van der Waals surface area contributed by atoms with E-state index in [2.05, 4.69) is 14.4 Å². The highest BCUT2D eigenvalue weighted by molar-refractivity contribution is 7.89. The van der Waals surface area contributed by atoms with Crippen LogP contribution in [-0.4, -0.2) is 32.2 Å². The van der Waals surface area contributed by atoms with E-state index < -0.39 is 16.0 Å². The number of hydrogen-bond acceptors (Lipinski definition) is 5. The Kier molecular flexibility index (Phi) is 5.91. The maximum Gasteiger partial charge on any atom is 0.305 e. The first-order chi connectivity index (χ1) is 8.94. The molecule has 0 spiro atoms. The van der Waals surface area contributed by atoms with Crippen molar-refractivity contribution in [2.75, 3.05) is 12.9 Å². The third kappa shape index (κ3) is 5.80. The van der Waals surface area contributed by atoms with Gasteiger partial charge in [0.1, 0.15) is 0 Å². The van der Waals surface area contributed by atoms with Gasteiger partial charge in [0.15, 0.2) is 0 Å². The summed E-state index contributed by atoms with van der Waals surface area (Å²) in [6.45, 7) is 1.74. The molecule has 0 fully saturated rings. The first-order valence-electron chi connectivity index (χ1n) is 5.91. The first-order valence-corrected chi connectivity index (χ1v) is 7.56. The van der Waals surface area contributed by atoms with Crippen molar-refractivity contribution in [3.63, 3.8) is 0 Å². The van der Waals surface area contributed by atoms with E-state index in [1.54, 1.807) is 31.5 Å². The summed E-state index contributed by atoms with van der Waals surface area (Å²) in [7, 11) is -2.14. The van der Waals surface area contributed by atoms with Crippen molar-refractivity contribution in [3.8, 4) is 0 Å². The van der Waals surface area contributed by atoms with Crippen molar-refractivity contribution >= 4 is 16.0 Å². The molecule has 0 saturated heterocycles. The predicted octanol–water partition coefficient (Wildman–Crippen LogP) is 1.02. The highest BCUT2D eigenvalue weighted by Crippen LogP contribution is 2.11. The van der Waals surface area contributed by atoms with Crippen LogP contribution >= 0.6 is 0 Å². The average Bonchev–Trinajstić information content (AvgIpc) is 2.38. The molecule has 1 atom stereocenters. The van der Waals surface area contributed by atoms with Crippen LogP contribution in [0.5, 0.6) is 0 Å². The summed E-state index contributed by atoms with van der Waals surface area (Å²) >= 11 is 0. The summed E-state index contributed by atoms with van der Waals surface area (Å²) in [5.41, 5.74) is 0.791. The minimum Gasteiger partial charge on any atom is -0.469 e. The van der Waals surface area contributed by atoms with Crippen LogP contribution in [0.1, 0.15) is 31.4 Å². The molecule has 19 heavy (non-hydrogen) atoms. The van der Waals surface area contributed by atoms with Crippen LogP contribution in [-0.2, 0) is 19.6 Å². The van der Waals surface area contributed by atoms with E-state index in [1.165, 1.54) is 7.11 Å². The van der Waals surface area contributed by atoms with Crippen molar-refractivity contribution in [2.45, 2.75) is 25.8 Å². The van der Waals surface area contributed by atoms with Crippen molar-refractivity contribution in [1.29, 1.82) is 0 Å². The Labute approximate surface area is 113 Å². The van der Waals surface area contributed by atoms with Crippen LogP contribution in [0, 0.1) is 0 Å². The number of nitrogens with one attached hydrogen (secondary N) is 1. The predicted molar refractivity (Wildman–Crippen MR) is 70.8 cm³/mol. The second-order valence-corrected chi connectivity index (χ2v) is 6.00. The molecule has 1 aromatic rings. The topological polar surface area (TPSA) is 85.4 Å². The number of nitrogens with zero attached hydrogens (tertiary/aromatic N) is 1. The number of pyridine rings is 1. The molecule has 1 rings (SSSR count). The highest BCUT2D eigenvalue weighted by Gasteiger charge is 2.16. The average molecular weight is 286 g/mol. The zero-order valence-corrected chi connectivity index (χ0v) is 11.8. The number of hydrogen-bond donors (Lipinski definition) is 1. The van der Waals surface area contributed by atoms with E-state index in [-0.39, 0.29) is 24.6 Å². The van der Waals surface area contributed by atoms with Gasteiger partial charge >= 0.3 is 5.97 Å². The van der Waals surface area contributed by atoms with Gasteiger partial charge in [-0.2, -0.15) is 0 Å². The minimum atomic E-state index is -3.42. The minimum absolute atomic E-state index is 0.0959. The van der Waals surface area contributed by atoms with E-state index in [4.69, 9.17) is 0 Å². The molecule has 106 valence electrons. The number of sulfonamides is 1. The van der Waals surface area contributed by atoms with Crippen LogP contribution in [0.2, 0.25) is 0 Å².